The van der Waals surface area contributed by atoms with Crippen molar-refractivity contribution in [3.05, 3.63) is 90.2 Å². The van der Waals surface area contributed by atoms with Gasteiger partial charge < -0.3 is 15.0 Å². The number of carbonyl (C=O) groups excluding carboxylic acids is 2. The Labute approximate surface area is 247 Å². The number of hydrogen-bond donors (Lipinski definition) is 1. The van der Waals surface area contributed by atoms with E-state index in [-0.39, 0.29) is 29.1 Å². The second-order valence-corrected chi connectivity index (χ2v) is 12.3. The number of benzene rings is 3. The highest BCUT2D eigenvalue weighted by Gasteiger charge is 2.34. The third kappa shape index (κ3) is 7.67. The number of rotatable bonds is 12. The summed E-state index contributed by atoms with van der Waals surface area (Å²) in [6.45, 7) is 1.34. The van der Waals surface area contributed by atoms with E-state index in [9.17, 15) is 22.4 Å². The molecule has 1 saturated carbocycles. The van der Waals surface area contributed by atoms with Crippen molar-refractivity contribution in [2.75, 3.05) is 18.0 Å². The van der Waals surface area contributed by atoms with Crippen LogP contribution in [0.1, 0.15) is 51.0 Å². The molecule has 0 saturated heterocycles. The molecule has 2 amide bonds. The van der Waals surface area contributed by atoms with Crippen molar-refractivity contribution in [3.63, 3.8) is 0 Å². The highest BCUT2D eigenvalue weighted by molar-refractivity contribution is 7.92. The first-order chi connectivity index (χ1) is 20.2. The minimum absolute atomic E-state index is 0.00841. The minimum Gasteiger partial charge on any atom is -0.497 e. The molecule has 1 N–H and O–H groups in total. The molecule has 0 spiro atoms. The third-order valence-electron chi connectivity index (χ3n) is 7.57. The van der Waals surface area contributed by atoms with Gasteiger partial charge in [0, 0.05) is 12.6 Å². The third-order valence-corrected chi connectivity index (χ3v) is 9.36. The molecule has 0 bridgehead atoms. The first kappa shape index (κ1) is 31.0. The van der Waals surface area contributed by atoms with Gasteiger partial charge in [-0.3, -0.25) is 13.9 Å². The average Bonchev–Trinajstić information content (AvgIpc) is 3.01. The second-order valence-electron chi connectivity index (χ2n) is 10.4. The van der Waals surface area contributed by atoms with Crippen LogP contribution in [0.2, 0.25) is 0 Å². The number of carbonyl (C=O) groups is 2. The zero-order chi connectivity index (χ0) is 30.1. The molecule has 0 unspecified atom stereocenters. The Morgan fingerprint density at radius 3 is 2.19 bits per heavy atom. The Morgan fingerprint density at radius 1 is 0.952 bits per heavy atom. The van der Waals surface area contributed by atoms with E-state index in [0.29, 0.717) is 12.2 Å². The van der Waals surface area contributed by atoms with Crippen LogP contribution < -0.4 is 14.4 Å². The van der Waals surface area contributed by atoms with Gasteiger partial charge in [0.05, 0.1) is 17.7 Å². The topological polar surface area (TPSA) is 96.0 Å². The van der Waals surface area contributed by atoms with Crippen LogP contribution in [0.4, 0.5) is 10.1 Å². The lowest BCUT2D eigenvalue weighted by molar-refractivity contribution is -0.140. The van der Waals surface area contributed by atoms with Crippen LogP contribution in [0.25, 0.3) is 0 Å². The van der Waals surface area contributed by atoms with Crippen molar-refractivity contribution < 1.29 is 27.1 Å². The number of sulfonamides is 1. The zero-order valence-corrected chi connectivity index (χ0v) is 24.9. The maximum absolute atomic E-state index is 14.1. The zero-order valence-electron chi connectivity index (χ0n) is 24.0. The molecule has 0 heterocycles. The minimum atomic E-state index is -4.21. The molecule has 0 radical (unpaired) electrons. The standard InChI is InChI=1S/C32H38FN3O5S/c1-3-30(32(38)34-26-10-6-4-7-11-26)35(22-24-14-20-28(41-2)21-15-24)31(37)23-36(27-18-16-25(33)17-19-27)42(39,40)29-12-8-5-9-13-29/h5,8-9,12-21,26,30H,3-4,6-7,10-11,22-23H2,1-2H3,(H,34,38)/t30-/m0/s1. The normalized spacial score (nSPS) is 14.5. The quantitative estimate of drug-likeness (QED) is 0.307. The highest BCUT2D eigenvalue weighted by Crippen LogP contribution is 2.26. The highest BCUT2D eigenvalue weighted by atomic mass is 32.2. The van der Waals surface area contributed by atoms with Crippen LogP contribution >= 0.6 is 0 Å². The Morgan fingerprint density at radius 2 is 1.60 bits per heavy atom. The van der Waals surface area contributed by atoms with Gasteiger partial charge in [-0.1, -0.05) is 56.5 Å². The molecule has 1 atom stereocenters. The number of anilines is 1. The molecule has 42 heavy (non-hydrogen) atoms. The number of nitrogens with zero attached hydrogens (tertiary/aromatic N) is 2. The largest absolute Gasteiger partial charge is 0.497 e. The van der Waals surface area contributed by atoms with E-state index in [1.165, 1.54) is 29.2 Å². The fourth-order valence-corrected chi connectivity index (χ4v) is 6.68. The Bertz CT molecular complexity index is 1430. The van der Waals surface area contributed by atoms with Crippen molar-refractivity contribution in [1.29, 1.82) is 0 Å². The lowest BCUT2D eigenvalue weighted by Crippen LogP contribution is -2.54. The van der Waals surface area contributed by atoms with Crippen LogP contribution in [-0.2, 0) is 26.2 Å². The van der Waals surface area contributed by atoms with E-state index >= 15 is 0 Å². The first-order valence-corrected chi connectivity index (χ1v) is 15.7. The lowest BCUT2D eigenvalue weighted by atomic mass is 9.95. The molecule has 8 nitrogen and oxygen atoms in total. The molecule has 3 aromatic carbocycles. The van der Waals surface area contributed by atoms with E-state index < -0.39 is 34.3 Å². The monoisotopic (exact) mass is 595 g/mol. The van der Waals surface area contributed by atoms with Gasteiger partial charge in [-0.2, -0.15) is 0 Å². The summed E-state index contributed by atoms with van der Waals surface area (Å²) in [5, 5.41) is 3.13. The number of methoxy groups -OCH3 is 1. The van der Waals surface area contributed by atoms with Gasteiger partial charge in [0.1, 0.15) is 24.2 Å². The van der Waals surface area contributed by atoms with E-state index in [4.69, 9.17) is 4.74 Å². The van der Waals surface area contributed by atoms with Crippen molar-refractivity contribution >= 4 is 27.5 Å². The van der Waals surface area contributed by atoms with Gasteiger partial charge in [0.15, 0.2) is 0 Å². The fraction of sp³-hybridized carbons (Fsp3) is 0.375. The Balaban J connectivity index is 1.69. The van der Waals surface area contributed by atoms with Crippen LogP contribution in [-0.4, -0.2) is 50.9 Å². The van der Waals surface area contributed by atoms with Gasteiger partial charge in [-0.15, -0.1) is 0 Å². The summed E-state index contributed by atoms with van der Waals surface area (Å²) in [6, 6.07) is 19.1. The Hall–Kier alpha value is -3.92. The fourth-order valence-electron chi connectivity index (χ4n) is 5.25. The molecule has 0 aliphatic heterocycles. The van der Waals surface area contributed by atoms with Crippen molar-refractivity contribution in [3.8, 4) is 5.75 Å². The van der Waals surface area contributed by atoms with Crippen LogP contribution in [0, 0.1) is 5.82 Å². The van der Waals surface area contributed by atoms with E-state index in [1.807, 2.05) is 19.1 Å². The van der Waals surface area contributed by atoms with Crippen LogP contribution in [0.3, 0.4) is 0 Å². The van der Waals surface area contributed by atoms with Gasteiger partial charge in [-0.05, 0) is 73.4 Å². The summed E-state index contributed by atoms with van der Waals surface area (Å²) < 4.78 is 47.6. The predicted octanol–water partition coefficient (Wildman–Crippen LogP) is 5.29. The summed E-state index contributed by atoms with van der Waals surface area (Å²) in [7, 11) is -2.65. The number of nitrogens with one attached hydrogen (secondary N) is 1. The molecule has 0 aromatic heterocycles. The van der Waals surface area contributed by atoms with E-state index in [2.05, 4.69) is 5.32 Å². The van der Waals surface area contributed by atoms with Gasteiger partial charge in [0.2, 0.25) is 11.8 Å². The van der Waals surface area contributed by atoms with E-state index in [0.717, 1.165) is 54.1 Å². The summed E-state index contributed by atoms with van der Waals surface area (Å²) >= 11 is 0. The summed E-state index contributed by atoms with van der Waals surface area (Å²) in [6.07, 6.45) is 5.34. The molecule has 1 aliphatic carbocycles. The van der Waals surface area contributed by atoms with Crippen LogP contribution in [0.5, 0.6) is 5.75 Å². The molecule has 1 aliphatic rings. The van der Waals surface area contributed by atoms with Crippen molar-refractivity contribution in [2.45, 2.75) is 69.0 Å². The molecule has 1 fully saturated rings. The number of amides is 2. The lowest BCUT2D eigenvalue weighted by Gasteiger charge is -2.34. The average molecular weight is 596 g/mol. The van der Waals surface area contributed by atoms with Gasteiger partial charge in [-0.25, -0.2) is 12.8 Å². The molecular formula is C32H38FN3O5S. The smallest absolute Gasteiger partial charge is 0.264 e. The first-order valence-electron chi connectivity index (χ1n) is 14.3. The molecule has 10 heteroatoms. The maximum atomic E-state index is 14.1. The number of hydrogen-bond acceptors (Lipinski definition) is 5. The maximum Gasteiger partial charge on any atom is 0.264 e. The SMILES string of the molecule is CC[C@@H](C(=O)NC1CCCCC1)N(Cc1ccc(OC)cc1)C(=O)CN(c1ccc(F)cc1)S(=O)(=O)c1ccccc1. The van der Waals surface area contributed by atoms with Crippen molar-refractivity contribution in [1.82, 2.24) is 10.2 Å². The molecule has 4 rings (SSSR count). The van der Waals surface area contributed by atoms with Gasteiger partial charge >= 0.3 is 0 Å². The summed E-state index contributed by atoms with van der Waals surface area (Å²) in [5.74, 6) is -0.699. The number of halogens is 1. The predicted molar refractivity (Wildman–Crippen MR) is 160 cm³/mol. The van der Waals surface area contributed by atoms with Gasteiger partial charge in [0.25, 0.3) is 10.0 Å². The van der Waals surface area contributed by atoms with Crippen molar-refractivity contribution in [2.24, 2.45) is 0 Å². The second kappa shape index (κ2) is 14.3. The summed E-state index contributed by atoms with van der Waals surface area (Å²) in [5.41, 5.74) is 0.894. The van der Waals surface area contributed by atoms with Crippen LogP contribution in [0.15, 0.2) is 83.8 Å². The molecular weight excluding hydrogens is 557 g/mol. The molecule has 224 valence electrons. The number of ether oxygens (including phenoxy) is 1. The summed E-state index contributed by atoms with van der Waals surface area (Å²) in [4.78, 5) is 29.2. The molecule has 3 aromatic rings. The van der Waals surface area contributed by atoms with E-state index in [1.54, 1.807) is 37.4 Å². The Kier molecular flexibility index (Phi) is 10.6.